The Balaban J connectivity index is 2.46. The van der Waals surface area contributed by atoms with Crippen LogP contribution < -0.4 is 0 Å². The minimum Gasteiger partial charge on any atom is -0.299 e. The summed E-state index contributed by atoms with van der Waals surface area (Å²) in [7, 11) is 0. The first-order chi connectivity index (χ1) is 6.09. The van der Waals surface area contributed by atoms with E-state index in [1.165, 1.54) is 6.08 Å². The largest absolute Gasteiger partial charge is 0.299 e. The van der Waals surface area contributed by atoms with E-state index in [4.69, 9.17) is 0 Å². The molecule has 0 bridgehead atoms. The van der Waals surface area contributed by atoms with Crippen molar-refractivity contribution in [2.75, 3.05) is 0 Å². The lowest BCUT2D eigenvalue weighted by Crippen LogP contribution is -2.10. The highest BCUT2D eigenvalue weighted by molar-refractivity contribution is 5.99. The van der Waals surface area contributed by atoms with Gasteiger partial charge < -0.3 is 0 Å². The van der Waals surface area contributed by atoms with Crippen molar-refractivity contribution in [2.24, 2.45) is 5.92 Å². The lowest BCUT2D eigenvalue weighted by atomic mass is 10.0. The summed E-state index contributed by atoms with van der Waals surface area (Å²) >= 11 is 0. The third-order valence-electron chi connectivity index (χ3n) is 2.06. The highest BCUT2D eigenvalue weighted by Crippen LogP contribution is 2.17. The van der Waals surface area contributed by atoms with E-state index in [1.807, 2.05) is 19.9 Å². The van der Waals surface area contributed by atoms with Gasteiger partial charge in [-0.2, -0.15) is 0 Å². The SMILES string of the molecule is CC(C)=CCC(=O)C1C=CC(=O)C1. The van der Waals surface area contributed by atoms with Crippen LogP contribution in [0.3, 0.4) is 0 Å². The fourth-order valence-electron chi connectivity index (χ4n) is 1.25. The molecule has 1 aliphatic rings. The van der Waals surface area contributed by atoms with Crippen molar-refractivity contribution in [3.05, 3.63) is 23.8 Å². The molecule has 0 spiro atoms. The van der Waals surface area contributed by atoms with E-state index in [2.05, 4.69) is 0 Å². The number of carbonyl (C=O) groups excluding carboxylic acids is 2. The third-order valence-corrected chi connectivity index (χ3v) is 2.06. The van der Waals surface area contributed by atoms with E-state index < -0.39 is 0 Å². The quantitative estimate of drug-likeness (QED) is 0.620. The Morgan fingerprint density at radius 2 is 2.31 bits per heavy atom. The molecule has 0 fully saturated rings. The number of carbonyl (C=O) groups is 2. The molecule has 1 unspecified atom stereocenters. The van der Waals surface area contributed by atoms with Crippen LogP contribution in [0.4, 0.5) is 0 Å². The van der Waals surface area contributed by atoms with E-state index in [-0.39, 0.29) is 17.5 Å². The Hall–Kier alpha value is -1.18. The molecule has 0 aromatic heterocycles. The minimum absolute atomic E-state index is 0.0653. The molecule has 1 atom stereocenters. The van der Waals surface area contributed by atoms with Crippen molar-refractivity contribution in [1.82, 2.24) is 0 Å². The molecule has 0 aromatic rings. The molecule has 1 rings (SSSR count). The Kier molecular flexibility index (Phi) is 3.18. The smallest absolute Gasteiger partial charge is 0.156 e. The fraction of sp³-hybridized carbons (Fsp3) is 0.455. The lowest BCUT2D eigenvalue weighted by Gasteiger charge is -2.02. The second-order valence-electron chi connectivity index (χ2n) is 3.59. The molecule has 70 valence electrons. The molecule has 0 aliphatic heterocycles. The number of rotatable bonds is 3. The van der Waals surface area contributed by atoms with E-state index >= 15 is 0 Å². The van der Waals surface area contributed by atoms with Crippen LogP contribution in [0.2, 0.25) is 0 Å². The van der Waals surface area contributed by atoms with Crippen molar-refractivity contribution in [3.8, 4) is 0 Å². The number of hydrogen-bond acceptors (Lipinski definition) is 2. The van der Waals surface area contributed by atoms with Gasteiger partial charge in [-0.3, -0.25) is 9.59 Å². The van der Waals surface area contributed by atoms with Crippen LogP contribution in [-0.2, 0) is 9.59 Å². The van der Waals surface area contributed by atoms with Crippen LogP contribution in [0, 0.1) is 5.92 Å². The standard InChI is InChI=1S/C11H14O2/c1-8(2)3-6-11(13)9-4-5-10(12)7-9/h3-5,9H,6-7H2,1-2H3. The first kappa shape index (κ1) is 9.90. The van der Waals surface area contributed by atoms with Gasteiger partial charge in [0, 0.05) is 18.8 Å². The Morgan fingerprint density at radius 1 is 1.62 bits per heavy atom. The van der Waals surface area contributed by atoms with Gasteiger partial charge >= 0.3 is 0 Å². The molecule has 13 heavy (non-hydrogen) atoms. The summed E-state index contributed by atoms with van der Waals surface area (Å²) < 4.78 is 0. The van der Waals surface area contributed by atoms with Gasteiger partial charge in [0.15, 0.2) is 5.78 Å². The Bertz CT molecular complexity index is 280. The van der Waals surface area contributed by atoms with Crippen molar-refractivity contribution < 1.29 is 9.59 Å². The number of Topliss-reactive ketones (excluding diaryl/α,β-unsaturated/α-hetero) is 1. The van der Waals surface area contributed by atoms with Gasteiger partial charge in [0.25, 0.3) is 0 Å². The van der Waals surface area contributed by atoms with E-state index in [0.717, 1.165) is 5.57 Å². The molecule has 0 N–H and O–H groups in total. The summed E-state index contributed by atoms with van der Waals surface area (Å²) in [5.41, 5.74) is 1.14. The monoisotopic (exact) mass is 178 g/mol. The molecule has 2 nitrogen and oxygen atoms in total. The molecule has 0 heterocycles. The average molecular weight is 178 g/mol. The van der Waals surface area contributed by atoms with Gasteiger partial charge in [-0.25, -0.2) is 0 Å². The van der Waals surface area contributed by atoms with Gasteiger partial charge in [-0.15, -0.1) is 0 Å². The van der Waals surface area contributed by atoms with Gasteiger partial charge in [0.05, 0.1) is 0 Å². The van der Waals surface area contributed by atoms with Crippen molar-refractivity contribution in [1.29, 1.82) is 0 Å². The second-order valence-corrected chi connectivity index (χ2v) is 3.59. The van der Waals surface area contributed by atoms with Gasteiger partial charge in [-0.05, 0) is 19.9 Å². The van der Waals surface area contributed by atoms with Crippen LogP contribution in [0.5, 0.6) is 0 Å². The van der Waals surface area contributed by atoms with Gasteiger partial charge in [0.1, 0.15) is 5.78 Å². The topological polar surface area (TPSA) is 34.1 Å². The zero-order valence-electron chi connectivity index (χ0n) is 8.04. The molecular weight excluding hydrogens is 164 g/mol. The molecule has 2 heteroatoms. The second kappa shape index (κ2) is 4.17. The summed E-state index contributed by atoms with van der Waals surface area (Å²) in [6, 6.07) is 0. The zero-order chi connectivity index (χ0) is 9.84. The van der Waals surface area contributed by atoms with Crippen molar-refractivity contribution in [2.45, 2.75) is 26.7 Å². The Labute approximate surface area is 78.3 Å². The van der Waals surface area contributed by atoms with E-state index in [9.17, 15) is 9.59 Å². The normalized spacial score (nSPS) is 20.5. The van der Waals surface area contributed by atoms with Crippen LogP contribution >= 0.6 is 0 Å². The minimum atomic E-state index is -0.164. The van der Waals surface area contributed by atoms with Crippen LogP contribution in [0.25, 0.3) is 0 Å². The highest BCUT2D eigenvalue weighted by Gasteiger charge is 2.21. The summed E-state index contributed by atoms with van der Waals surface area (Å²) in [5.74, 6) is 0.0435. The zero-order valence-corrected chi connectivity index (χ0v) is 8.04. The summed E-state index contributed by atoms with van der Waals surface area (Å²) in [4.78, 5) is 22.3. The first-order valence-electron chi connectivity index (χ1n) is 4.46. The maximum atomic E-state index is 11.4. The van der Waals surface area contributed by atoms with Crippen molar-refractivity contribution >= 4 is 11.6 Å². The number of ketones is 2. The van der Waals surface area contributed by atoms with Crippen LogP contribution in [-0.4, -0.2) is 11.6 Å². The van der Waals surface area contributed by atoms with E-state index in [1.54, 1.807) is 6.08 Å². The third kappa shape index (κ3) is 2.98. The number of allylic oxidation sites excluding steroid dienone is 4. The summed E-state index contributed by atoms with van der Waals surface area (Å²) in [6.45, 7) is 3.92. The summed E-state index contributed by atoms with van der Waals surface area (Å²) in [5, 5.41) is 0. The van der Waals surface area contributed by atoms with Crippen LogP contribution in [0.15, 0.2) is 23.8 Å². The first-order valence-corrected chi connectivity index (χ1v) is 4.46. The summed E-state index contributed by atoms with van der Waals surface area (Å²) in [6.07, 6.45) is 5.94. The molecule has 0 aromatic carbocycles. The lowest BCUT2D eigenvalue weighted by molar-refractivity contribution is -0.123. The molecule has 0 saturated carbocycles. The predicted octanol–water partition coefficient (Wildman–Crippen LogP) is 2.06. The molecular formula is C11H14O2. The number of hydrogen-bond donors (Lipinski definition) is 0. The maximum Gasteiger partial charge on any atom is 0.156 e. The fourth-order valence-corrected chi connectivity index (χ4v) is 1.25. The Morgan fingerprint density at radius 3 is 2.77 bits per heavy atom. The van der Waals surface area contributed by atoms with Crippen LogP contribution in [0.1, 0.15) is 26.7 Å². The molecule has 0 amide bonds. The molecule has 0 saturated heterocycles. The average Bonchev–Trinajstić information content (AvgIpc) is 2.47. The molecule has 1 aliphatic carbocycles. The highest BCUT2D eigenvalue weighted by atomic mass is 16.1. The van der Waals surface area contributed by atoms with Crippen molar-refractivity contribution in [3.63, 3.8) is 0 Å². The predicted molar refractivity (Wildman–Crippen MR) is 51.3 cm³/mol. The van der Waals surface area contributed by atoms with E-state index in [0.29, 0.717) is 12.8 Å². The van der Waals surface area contributed by atoms with Gasteiger partial charge in [-0.1, -0.05) is 17.7 Å². The van der Waals surface area contributed by atoms with Gasteiger partial charge in [0.2, 0.25) is 0 Å². The molecule has 0 radical (unpaired) electrons. The maximum absolute atomic E-state index is 11.4.